The van der Waals surface area contributed by atoms with E-state index in [1.54, 1.807) is 6.92 Å². The first-order valence-electron chi connectivity index (χ1n) is 10.8. The molecule has 2 amide bonds. The Hall–Kier alpha value is -3.40. The van der Waals surface area contributed by atoms with Crippen LogP contribution in [-0.2, 0) is 17.6 Å². The summed E-state index contributed by atoms with van der Waals surface area (Å²) in [5.41, 5.74) is 3.03. The minimum absolute atomic E-state index is 0.0304. The van der Waals surface area contributed by atoms with Crippen LogP contribution in [0.2, 0.25) is 0 Å². The van der Waals surface area contributed by atoms with Crippen molar-refractivity contribution >= 4 is 11.8 Å². The maximum Gasteiger partial charge on any atom is 0.254 e. The number of hydrogen-bond donors (Lipinski definition) is 0. The van der Waals surface area contributed by atoms with E-state index in [1.165, 1.54) is 11.1 Å². The highest BCUT2D eigenvalue weighted by Gasteiger charge is 2.37. The maximum absolute atomic E-state index is 13.5. The molecule has 4 heteroatoms. The summed E-state index contributed by atoms with van der Waals surface area (Å²) >= 11 is 0. The second kappa shape index (κ2) is 9.61. The van der Waals surface area contributed by atoms with Crippen molar-refractivity contribution in [3.05, 3.63) is 108 Å². The van der Waals surface area contributed by atoms with E-state index >= 15 is 0 Å². The Morgan fingerprint density at radius 3 is 1.58 bits per heavy atom. The Labute approximate surface area is 184 Å². The van der Waals surface area contributed by atoms with Gasteiger partial charge in [0.05, 0.1) is 12.1 Å². The van der Waals surface area contributed by atoms with Gasteiger partial charge in [-0.25, -0.2) is 0 Å². The molecule has 3 aromatic carbocycles. The third-order valence-electron chi connectivity index (χ3n) is 6.01. The quantitative estimate of drug-likeness (QED) is 0.630. The van der Waals surface area contributed by atoms with Crippen molar-refractivity contribution in [2.45, 2.75) is 31.8 Å². The lowest BCUT2D eigenvalue weighted by molar-refractivity contribution is -0.134. The minimum atomic E-state index is -0.0639. The van der Waals surface area contributed by atoms with E-state index in [-0.39, 0.29) is 23.9 Å². The fraction of sp³-hybridized carbons (Fsp3) is 0.259. The second-order valence-corrected chi connectivity index (χ2v) is 8.18. The van der Waals surface area contributed by atoms with E-state index < -0.39 is 0 Å². The molecule has 1 saturated heterocycles. The molecule has 1 aliphatic heterocycles. The molecule has 1 fully saturated rings. The zero-order chi connectivity index (χ0) is 21.6. The summed E-state index contributed by atoms with van der Waals surface area (Å²) in [5, 5.41) is 0. The fourth-order valence-corrected chi connectivity index (χ4v) is 4.45. The number of amides is 2. The molecule has 0 unspecified atom stereocenters. The molecule has 0 radical (unpaired) electrons. The second-order valence-electron chi connectivity index (χ2n) is 8.18. The van der Waals surface area contributed by atoms with Gasteiger partial charge in [0, 0.05) is 25.6 Å². The van der Waals surface area contributed by atoms with E-state index in [9.17, 15) is 9.59 Å². The van der Waals surface area contributed by atoms with Crippen molar-refractivity contribution in [1.82, 2.24) is 9.80 Å². The van der Waals surface area contributed by atoms with Crippen LogP contribution in [0.15, 0.2) is 91.0 Å². The summed E-state index contributed by atoms with van der Waals surface area (Å²) in [6.07, 6.45) is 1.46. The molecule has 1 aliphatic rings. The predicted molar refractivity (Wildman–Crippen MR) is 123 cm³/mol. The molecule has 3 aromatic rings. The molecule has 31 heavy (non-hydrogen) atoms. The molecule has 4 rings (SSSR count). The monoisotopic (exact) mass is 412 g/mol. The number of hydrogen-bond acceptors (Lipinski definition) is 2. The standard InChI is InChI=1S/C27H28N2O2/c1-21(30)28-19-26(18-23-13-7-3-8-14-23)29(27(31)24-15-9-4-10-16-24)20-25(28)17-22-11-5-2-6-12-22/h2-16,25-26H,17-20H2,1H3/t25-,26-/m0/s1. The van der Waals surface area contributed by atoms with Crippen molar-refractivity contribution in [2.24, 2.45) is 0 Å². The lowest BCUT2D eigenvalue weighted by atomic mass is 9.95. The molecular weight excluding hydrogens is 384 g/mol. The number of carbonyl (C=O) groups is 2. The van der Waals surface area contributed by atoms with Gasteiger partial charge in [0.1, 0.15) is 0 Å². The van der Waals surface area contributed by atoms with Crippen LogP contribution < -0.4 is 0 Å². The Morgan fingerprint density at radius 1 is 0.677 bits per heavy atom. The topological polar surface area (TPSA) is 40.6 Å². The highest BCUT2D eigenvalue weighted by atomic mass is 16.2. The summed E-state index contributed by atoms with van der Waals surface area (Å²) in [5.74, 6) is 0.0913. The molecule has 0 spiro atoms. The van der Waals surface area contributed by atoms with Crippen LogP contribution in [-0.4, -0.2) is 46.8 Å². The van der Waals surface area contributed by atoms with Crippen molar-refractivity contribution in [2.75, 3.05) is 13.1 Å². The summed E-state index contributed by atoms with van der Waals surface area (Å²) in [6.45, 7) is 2.70. The Balaban J connectivity index is 1.64. The van der Waals surface area contributed by atoms with Gasteiger partial charge in [-0.15, -0.1) is 0 Å². The van der Waals surface area contributed by atoms with E-state index in [4.69, 9.17) is 0 Å². The third-order valence-corrected chi connectivity index (χ3v) is 6.01. The molecular formula is C27H28N2O2. The molecule has 2 atom stereocenters. The molecule has 0 N–H and O–H groups in total. The summed E-state index contributed by atoms with van der Waals surface area (Å²) in [7, 11) is 0. The summed E-state index contributed by atoms with van der Waals surface area (Å²) in [4.78, 5) is 30.0. The van der Waals surface area contributed by atoms with E-state index in [2.05, 4.69) is 24.3 Å². The van der Waals surface area contributed by atoms with E-state index in [0.717, 1.165) is 12.8 Å². The van der Waals surface area contributed by atoms with Crippen molar-refractivity contribution in [1.29, 1.82) is 0 Å². The first-order valence-corrected chi connectivity index (χ1v) is 10.8. The molecule has 4 nitrogen and oxygen atoms in total. The van der Waals surface area contributed by atoms with Crippen LogP contribution in [0.1, 0.15) is 28.4 Å². The fourth-order valence-electron chi connectivity index (χ4n) is 4.45. The van der Waals surface area contributed by atoms with Crippen LogP contribution in [0.4, 0.5) is 0 Å². The van der Waals surface area contributed by atoms with Crippen molar-refractivity contribution in [3.63, 3.8) is 0 Å². The SMILES string of the molecule is CC(=O)N1C[C@H](Cc2ccccc2)N(C(=O)c2ccccc2)C[C@@H]1Cc1ccccc1. The predicted octanol–water partition coefficient (Wildman–Crippen LogP) is 4.21. The van der Waals surface area contributed by atoms with Gasteiger partial charge < -0.3 is 9.80 Å². The van der Waals surface area contributed by atoms with Crippen LogP contribution in [0.25, 0.3) is 0 Å². The van der Waals surface area contributed by atoms with Gasteiger partial charge in [0.25, 0.3) is 5.91 Å². The molecule has 158 valence electrons. The Kier molecular flexibility index (Phi) is 6.46. The van der Waals surface area contributed by atoms with Gasteiger partial charge in [-0.3, -0.25) is 9.59 Å². The lowest BCUT2D eigenvalue weighted by Gasteiger charge is -2.46. The van der Waals surface area contributed by atoms with Gasteiger partial charge in [0.2, 0.25) is 5.91 Å². The van der Waals surface area contributed by atoms with Gasteiger partial charge in [-0.2, -0.15) is 0 Å². The average molecular weight is 413 g/mol. The minimum Gasteiger partial charge on any atom is -0.336 e. The molecule has 0 aliphatic carbocycles. The highest BCUT2D eigenvalue weighted by molar-refractivity contribution is 5.94. The van der Waals surface area contributed by atoms with Crippen LogP contribution in [0, 0.1) is 0 Å². The number of rotatable bonds is 5. The van der Waals surface area contributed by atoms with Crippen LogP contribution in [0.3, 0.4) is 0 Å². The zero-order valence-corrected chi connectivity index (χ0v) is 17.9. The smallest absolute Gasteiger partial charge is 0.254 e. The molecule has 0 bridgehead atoms. The normalized spacial score (nSPS) is 18.6. The number of piperazine rings is 1. The van der Waals surface area contributed by atoms with Gasteiger partial charge in [-0.1, -0.05) is 78.9 Å². The van der Waals surface area contributed by atoms with E-state index in [0.29, 0.717) is 18.7 Å². The largest absolute Gasteiger partial charge is 0.336 e. The summed E-state index contributed by atoms with van der Waals surface area (Å²) in [6, 6.07) is 29.7. The lowest BCUT2D eigenvalue weighted by Crippen LogP contribution is -2.62. The van der Waals surface area contributed by atoms with Gasteiger partial charge in [0.15, 0.2) is 0 Å². The molecule has 0 aromatic heterocycles. The van der Waals surface area contributed by atoms with Gasteiger partial charge >= 0.3 is 0 Å². The maximum atomic E-state index is 13.5. The van der Waals surface area contributed by atoms with Crippen LogP contribution in [0.5, 0.6) is 0 Å². The molecule has 0 saturated carbocycles. The zero-order valence-electron chi connectivity index (χ0n) is 17.9. The number of nitrogens with zero attached hydrogens (tertiary/aromatic N) is 2. The van der Waals surface area contributed by atoms with Crippen molar-refractivity contribution < 1.29 is 9.59 Å². The number of benzene rings is 3. The van der Waals surface area contributed by atoms with Gasteiger partial charge in [-0.05, 0) is 36.1 Å². The summed E-state index contributed by atoms with van der Waals surface area (Å²) < 4.78 is 0. The molecule has 1 heterocycles. The Bertz CT molecular complexity index is 1010. The van der Waals surface area contributed by atoms with Crippen molar-refractivity contribution in [3.8, 4) is 0 Å². The number of carbonyl (C=O) groups excluding carboxylic acids is 2. The van der Waals surface area contributed by atoms with E-state index in [1.807, 2.05) is 76.5 Å². The highest BCUT2D eigenvalue weighted by Crippen LogP contribution is 2.24. The Morgan fingerprint density at radius 2 is 1.10 bits per heavy atom. The average Bonchev–Trinajstić information content (AvgIpc) is 2.81. The first kappa shape index (κ1) is 20.9. The van der Waals surface area contributed by atoms with Crippen LogP contribution >= 0.6 is 0 Å². The first-order chi connectivity index (χ1) is 15.1. The third kappa shape index (κ3) is 5.02.